The highest BCUT2D eigenvalue weighted by Crippen LogP contribution is 2.12. The molecule has 6 heteroatoms. The molecule has 0 saturated heterocycles. The highest BCUT2D eigenvalue weighted by atomic mass is 16.2. The summed E-state index contributed by atoms with van der Waals surface area (Å²) in [6, 6.07) is 9.53. The van der Waals surface area contributed by atoms with E-state index in [4.69, 9.17) is 5.73 Å². The fourth-order valence-corrected chi connectivity index (χ4v) is 1.50. The van der Waals surface area contributed by atoms with Crippen molar-refractivity contribution in [2.24, 2.45) is 0 Å². The van der Waals surface area contributed by atoms with Gasteiger partial charge in [0.25, 0.3) is 5.91 Å². The molecule has 88 valence electrons. The van der Waals surface area contributed by atoms with Crippen molar-refractivity contribution in [1.29, 1.82) is 0 Å². The fourth-order valence-electron chi connectivity index (χ4n) is 1.50. The van der Waals surface area contributed by atoms with E-state index >= 15 is 0 Å². The number of H-pyrrole nitrogens is 1. The number of aromatic amines is 1. The lowest BCUT2D eigenvalue weighted by Crippen LogP contribution is -2.27. The van der Waals surface area contributed by atoms with Crippen LogP contribution in [-0.2, 0) is 0 Å². The minimum absolute atomic E-state index is 0.0998. The second-order valence-corrected chi connectivity index (χ2v) is 3.66. The van der Waals surface area contributed by atoms with Crippen LogP contribution in [0.25, 0.3) is 0 Å². The minimum Gasteiger partial charge on any atom is -0.380 e. The van der Waals surface area contributed by atoms with E-state index in [1.54, 1.807) is 0 Å². The topological polar surface area (TPSA) is 96.7 Å². The number of benzene rings is 1. The number of nitrogens with two attached hydrogens (primary N) is 1. The van der Waals surface area contributed by atoms with Gasteiger partial charge >= 0.3 is 0 Å². The number of amides is 1. The first-order valence-corrected chi connectivity index (χ1v) is 5.20. The standard InChI is InChI=1S/C11H13N5O/c1-7(8-5-3-2-4-6-8)13-11(17)9-10(12)15-16-14-9/h2-7H,1H3,(H,13,17)(H3,12,14,15,16). The van der Waals surface area contributed by atoms with Gasteiger partial charge in [-0.15, -0.1) is 10.2 Å². The van der Waals surface area contributed by atoms with Crippen molar-refractivity contribution in [3.63, 3.8) is 0 Å². The van der Waals surface area contributed by atoms with Crippen molar-refractivity contribution >= 4 is 11.7 Å². The molecule has 6 nitrogen and oxygen atoms in total. The number of carbonyl (C=O) groups excluding carboxylic acids is 1. The summed E-state index contributed by atoms with van der Waals surface area (Å²) >= 11 is 0. The number of carbonyl (C=O) groups is 1. The molecule has 1 aromatic carbocycles. The largest absolute Gasteiger partial charge is 0.380 e. The van der Waals surface area contributed by atoms with Gasteiger partial charge in [0.1, 0.15) is 0 Å². The summed E-state index contributed by atoms with van der Waals surface area (Å²) in [5.41, 5.74) is 6.63. The molecular weight excluding hydrogens is 218 g/mol. The average Bonchev–Trinajstić information content (AvgIpc) is 2.76. The molecule has 1 atom stereocenters. The van der Waals surface area contributed by atoms with Crippen LogP contribution in [0.1, 0.15) is 29.0 Å². The van der Waals surface area contributed by atoms with Crippen molar-refractivity contribution in [3.05, 3.63) is 41.6 Å². The van der Waals surface area contributed by atoms with Gasteiger partial charge in [-0.3, -0.25) is 4.79 Å². The Hall–Kier alpha value is -2.37. The van der Waals surface area contributed by atoms with Crippen LogP contribution in [0.2, 0.25) is 0 Å². The predicted molar refractivity (Wildman–Crippen MR) is 63.1 cm³/mol. The van der Waals surface area contributed by atoms with Gasteiger partial charge in [-0.25, -0.2) is 0 Å². The Balaban J connectivity index is 2.08. The summed E-state index contributed by atoms with van der Waals surface area (Å²) in [6.07, 6.45) is 0. The summed E-state index contributed by atoms with van der Waals surface area (Å²) in [4.78, 5) is 11.8. The van der Waals surface area contributed by atoms with Crippen LogP contribution in [-0.4, -0.2) is 21.3 Å². The van der Waals surface area contributed by atoms with Crippen LogP contribution < -0.4 is 11.1 Å². The van der Waals surface area contributed by atoms with E-state index < -0.39 is 0 Å². The van der Waals surface area contributed by atoms with Gasteiger partial charge in [0, 0.05) is 0 Å². The molecule has 0 radical (unpaired) electrons. The zero-order chi connectivity index (χ0) is 12.3. The lowest BCUT2D eigenvalue weighted by atomic mass is 10.1. The van der Waals surface area contributed by atoms with Gasteiger partial charge in [-0.1, -0.05) is 30.3 Å². The Bertz CT molecular complexity index is 508. The summed E-state index contributed by atoms with van der Waals surface area (Å²) in [6.45, 7) is 1.89. The highest BCUT2D eigenvalue weighted by Gasteiger charge is 2.16. The normalized spacial score (nSPS) is 12.1. The van der Waals surface area contributed by atoms with Crippen molar-refractivity contribution in [1.82, 2.24) is 20.7 Å². The van der Waals surface area contributed by atoms with Crippen molar-refractivity contribution in [2.45, 2.75) is 13.0 Å². The molecule has 2 aromatic rings. The predicted octanol–water partition coefficient (Wildman–Crippen LogP) is 0.878. The number of anilines is 1. The van der Waals surface area contributed by atoms with E-state index in [2.05, 4.69) is 20.7 Å². The van der Waals surface area contributed by atoms with Crippen LogP contribution in [0.5, 0.6) is 0 Å². The first-order chi connectivity index (χ1) is 8.18. The molecule has 1 amide bonds. The highest BCUT2D eigenvalue weighted by molar-refractivity contribution is 5.96. The molecule has 0 aliphatic heterocycles. The Labute approximate surface area is 98.2 Å². The molecular formula is C11H13N5O. The third kappa shape index (κ3) is 2.41. The molecule has 0 saturated carbocycles. The Morgan fingerprint density at radius 3 is 2.65 bits per heavy atom. The van der Waals surface area contributed by atoms with E-state index in [0.29, 0.717) is 0 Å². The number of aromatic nitrogens is 3. The maximum Gasteiger partial charge on any atom is 0.276 e. The van der Waals surface area contributed by atoms with Crippen LogP contribution in [0.3, 0.4) is 0 Å². The van der Waals surface area contributed by atoms with Gasteiger partial charge in [0.05, 0.1) is 6.04 Å². The molecule has 1 heterocycles. The third-order valence-electron chi connectivity index (χ3n) is 2.44. The van der Waals surface area contributed by atoms with Crippen LogP contribution in [0.4, 0.5) is 5.82 Å². The smallest absolute Gasteiger partial charge is 0.276 e. The molecule has 2 rings (SSSR count). The third-order valence-corrected chi connectivity index (χ3v) is 2.44. The van der Waals surface area contributed by atoms with Gasteiger partial charge in [-0.05, 0) is 12.5 Å². The molecule has 0 fully saturated rings. The molecule has 0 aliphatic rings. The zero-order valence-electron chi connectivity index (χ0n) is 9.34. The Morgan fingerprint density at radius 1 is 1.35 bits per heavy atom. The van der Waals surface area contributed by atoms with E-state index in [1.165, 1.54) is 0 Å². The molecule has 0 bridgehead atoms. The SMILES string of the molecule is CC(NC(=O)c1n[nH]nc1N)c1ccccc1. The molecule has 17 heavy (non-hydrogen) atoms. The van der Waals surface area contributed by atoms with E-state index in [-0.39, 0.29) is 23.5 Å². The van der Waals surface area contributed by atoms with Crippen molar-refractivity contribution in [3.8, 4) is 0 Å². The summed E-state index contributed by atoms with van der Waals surface area (Å²) in [7, 11) is 0. The first-order valence-electron chi connectivity index (χ1n) is 5.20. The van der Waals surface area contributed by atoms with Crippen LogP contribution >= 0.6 is 0 Å². The monoisotopic (exact) mass is 231 g/mol. The van der Waals surface area contributed by atoms with Gasteiger partial charge < -0.3 is 11.1 Å². The van der Waals surface area contributed by atoms with Gasteiger partial charge in [0.15, 0.2) is 11.5 Å². The summed E-state index contributed by atoms with van der Waals surface area (Å²) < 4.78 is 0. The van der Waals surface area contributed by atoms with E-state index in [9.17, 15) is 4.79 Å². The maximum atomic E-state index is 11.8. The lowest BCUT2D eigenvalue weighted by molar-refractivity contribution is 0.0935. The quantitative estimate of drug-likeness (QED) is 0.730. The number of hydrogen-bond acceptors (Lipinski definition) is 4. The molecule has 1 unspecified atom stereocenters. The van der Waals surface area contributed by atoms with Gasteiger partial charge in [0.2, 0.25) is 0 Å². The number of nitrogens with one attached hydrogen (secondary N) is 2. The number of hydrogen-bond donors (Lipinski definition) is 3. The summed E-state index contributed by atoms with van der Waals surface area (Å²) in [5, 5.41) is 12.4. The molecule has 0 spiro atoms. The van der Waals surface area contributed by atoms with Crippen LogP contribution in [0, 0.1) is 0 Å². The average molecular weight is 231 g/mol. The minimum atomic E-state index is -0.340. The van der Waals surface area contributed by atoms with Crippen molar-refractivity contribution in [2.75, 3.05) is 5.73 Å². The fraction of sp³-hybridized carbons (Fsp3) is 0.182. The number of nitrogen functional groups attached to an aromatic ring is 1. The molecule has 4 N–H and O–H groups in total. The number of rotatable bonds is 3. The maximum absolute atomic E-state index is 11.8. The lowest BCUT2D eigenvalue weighted by Gasteiger charge is -2.13. The van der Waals surface area contributed by atoms with Gasteiger partial charge in [-0.2, -0.15) is 5.21 Å². The number of nitrogens with zero attached hydrogens (tertiary/aromatic N) is 2. The Kier molecular flexibility index (Phi) is 3.04. The van der Waals surface area contributed by atoms with Crippen molar-refractivity contribution < 1.29 is 4.79 Å². The molecule has 1 aromatic heterocycles. The first kappa shape index (κ1) is 11.1. The Morgan fingerprint density at radius 2 is 2.06 bits per heavy atom. The molecule has 0 aliphatic carbocycles. The summed E-state index contributed by atoms with van der Waals surface area (Å²) in [5.74, 6) is -0.240. The van der Waals surface area contributed by atoms with E-state index in [1.807, 2.05) is 37.3 Å². The zero-order valence-corrected chi connectivity index (χ0v) is 9.34. The second kappa shape index (κ2) is 4.65. The van der Waals surface area contributed by atoms with E-state index in [0.717, 1.165) is 5.56 Å². The second-order valence-electron chi connectivity index (χ2n) is 3.66. The van der Waals surface area contributed by atoms with Crippen LogP contribution in [0.15, 0.2) is 30.3 Å².